The number of likely N-dealkylation sites (tertiary alicyclic amines) is 1. The van der Waals surface area contributed by atoms with Crippen molar-refractivity contribution in [3.05, 3.63) is 58.6 Å². The predicted octanol–water partition coefficient (Wildman–Crippen LogP) is 6.91. The number of aromatic hydroxyl groups is 1. The van der Waals surface area contributed by atoms with Gasteiger partial charge in [0.1, 0.15) is 18.2 Å². The van der Waals surface area contributed by atoms with Gasteiger partial charge in [-0.1, -0.05) is 72.6 Å². The third kappa shape index (κ3) is 13.0. The number of rotatable bonds is 22. The van der Waals surface area contributed by atoms with Crippen LogP contribution in [0.4, 0.5) is 0 Å². The van der Waals surface area contributed by atoms with Crippen molar-refractivity contribution in [3.8, 4) is 5.75 Å². The molecule has 2 aromatic rings. The van der Waals surface area contributed by atoms with E-state index in [1.807, 2.05) is 18.9 Å². The first-order chi connectivity index (χ1) is 25.2. The van der Waals surface area contributed by atoms with Gasteiger partial charge in [0.15, 0.2) is 5.78 Å². The molecule has 1 aromatic heterocycles. The highest BCUT2D eigenvalue weighted by Gasteiger charge is 2.38. The maximum Gasteiger partial charge on any atom is 0.306 e. The average molecular weight is 755 g/mol. The van der Waals surface area contributed by atoms with Gasteiger partial charge in [0.25, 0.3) is 5.91 Å². The highest BCUT2D eigenvalue weighted by Crippen LogP contribution is 2.32. The summed E-state index contributed by atoms with van der Waals surface area (Å²) in [6.07, 6.45) is 6.73. The van der Waals surface area contributed by atoms with Crippen LogP contribution in [0, 0.1) is 23.7 Å². The van der Waals surface area contributed by atoms with E-state index in [9.17, 15) is 29.4 Å². The number of nitrogens with zero attached hydrogens (tertiary/aromatic N) is 3. The SMILES string of the molecule is C=CCOCN(C(=O)[C@@H](CC(=O)[C@H]1CCCCN1C)C(C)CC)[C@H](C[C@@H](C)c1nc(C(=O)N[C@@H](Cc2ccc(O)cc2)C[C@H](C)C(=O)O)cs1)C(C)C. The number of hydrogen-bond acceptors (Lipinski definition) is 9. The zero-order valence-corrected chi connectivity index (χ0v) is 33.6. The van der Waals surface area contributed by atoms with Crippen LogP contribution in [0.15, 0.2) is 42.3 Å². The van der Waals surface area contributed by atoms with E-state index in [1.165, 1.54) is 11.3 Å². The van der Waals surface area contributed by atoms with E-state index in [0.29, 0.717) is 12.8 Å². The first kappa shape index (κ1) is 43.8. The minimum absolute atomic E-state index is 0.00359. The summed E-state index contributed by atoms with van der Waals surface area (Å²) in [7, 11) is 2.00. The molecule has 1 saturated heterocycles. The Morgan fingerprint density at radius 2 is 1.81 bits per heavy atom. The fourth-order valence-electron chi connectivity index (χ4n) is 7.16. The fourth-order valence-corrected chi connectivity index (χ4v) is 8.03. The quantitative estimate of drug-likeness (QED) is 0.0662. The predicted molar refractivity (Wildman–Crippen MR) is 209 cm³/mol. The fraction of sp³-hybridized carbons (Fsp3) is 0.634. The van der Waals surface area contributed by atoms with Gasteiger partial charge < -0.3 is 25.2 Å². The lowest BCUT2D eigenvalue weighted by molar-refractivity contribution is -0.150. The summed E-state index contributed by atoms with van der Waals surface area (Å²) in [5, 5.41) is 24.7. The van der Waals surface area contributed by atoms with Gasteiger partial charge in [-0.05, 0) is 75.2 Å². The van der Waals surface area contributed by atoms with Crippen molar-refractivity contribution in [1.29, 1.82) is 0 Å². The number of benzene rings is 1. The number of ether oxygens (including phenoxy) is 1. The van der Waals surface area contributed by atoms with Gasteiger partial charge in [-0.3, -0.25) is 24.1 Å². The molecule has 1 unspecified atom stereocenters. The molecule has 12 heteroatoms. The second-order valence-electron chi connectivity index (χ2n) is 15.3. The van der Waals surface area contributed by atoms with Crippen molar-refractivity contribution in [3.63, 3.8) is 0 Å². The topological polar surface area (TPSA) is 149 Å². The molecule has 1 aromatic carbocycles. The summed E-state index contributed by atoms with van der Waals surface area (Å²) in [6.45, 7) is 16.9. The lowest BCUT2D eigenvalue weighted by Gasteiger charge is -2.39. The molecule has 1 aliphatic heterocycles. The number of amides is 2. The van der Waals surface area contributed by atoms with Crippen LogP contribution < -0.4 is 5.32 Å². The maximum atomic E-state index is 14.6. The second kappa shape index (κ2) is 21.3. The van der Waals surface area contributed by atoms with Crippen LogP contribution in [0.25, 0.3) is 0 Å². The number of Topliss-reactive ketones (excluding diaryl/α,β-unsaturated/α-hetero) is 1. The standard InChI is InChI=1S/C41H62N4O7S/c1-9-19-52-25-45(40(49)33(27(5)10-2)23-37(47)35-13-11-12-18-44(35)8)36(26(3)4)21-28(6)39-43-34(24-53-39)38(48)42-31(20-29(7)41(50)51)22-30-14-16-32(46)17-15-30/h9,14-17,24,26-29,31,33,35-36,46H,1,10-13,18-23,25H2,2-8H3,(H,42,48)(H,50,51)/t27?,28-,29+,31-,33+,35-,36-/m1/s1. The van der Waals surface area contributed by atoms with Gasteiger partial charge >= 0.3 is 5.97 Å². The molecule has 0 radical (unpaired) electrons. The van der Waals surface area contributed by atoms with Crippen molar-refractivity contribution in [2.75, 3.05) is 26.9 Å². The van der Waals surface area contributed by atoms with Crippen LogP contribution in [-0.4, -0.2) is 93.6 Å². The summed E-state index contributed by atoms with van der Waals surface area (Å²) >= 11 is 1.38. The van der Waals surface area contributed by atoms with Crippen LogP contribution in [0.1, 0.15) is 113 Å². The van der Waals surface area contributed by atoms with Gasteiger partial charge in [-0.2, -0.15) is 0 Å². The van der Waals surface area contributed by atoms with Crippen LogP contribution in [0.2, 0.25) is 0 Å². The first-order valence-corrected chi connectivity index (χ1v) is 20.0. The molecule has 0 aliphatic carbocycles. The van der Waals surface area contributed by atoms with E-state index in [0.717, 1.165) is 42.8 Å². The van der Waals surface area contributed by atoms with Crippen LogP contribution in [0.5, 0.6) is 5.75 Å². The van der Waals surface area contributed by atoms with Crippen molar-refractivity contribution in [2.24, 2.45) is 23.7 Å². The van der Waals surface area contributed by atoms with Gasteiger partial charge in [0, 0.05) is 35.7 Å². The molecule has 3 rings (SSSR count). The Balaban J connectivity index is 1.81. The highest BCUT2D eigenvalue weighted by molar-refractivity contribution is 7.09. The van der Waals surface area contributed by atoms with Crippen molar-refractivity contribution >= 4 is 34.9 Å². The number of hydrogen-bond donors (Lipinski definition) is 3. The number of carbonyl (C=O) groups excluding carboxylic acids is 3. The molecule has 53 heavy (non-hydrogen) atoms. The number of carbonyl (C=O) groups is 4. The normalized spacial score (nSPS) is 18.4. The number of carboxylic acids is 1. The van der Waals surface area contributed by atoms with Crippen molar-refractivity contribution in [2.45, 2.75) is 117 Å². The summed E-state index contributed by atoms with van der Waals surface area (Å²) < 4.78 is 5.93. The molecule has 7 atom stereocenters. The molecule has 3 N–H and O–H groups in total. The Bertz CT molecular complexity index is 1500. The number of piperidine rings is 1. The molecule has 11 nitrogen and oxygen atoms in total. The average Bonchev–Trinajstić information content (AvgIpc) is 3.63. The number of nitrogens with one attached hydrogen (secondary N) is 1. The number of thiazole rings is 1. The molecular formula is C41H62N4O7S. The van der Waals surface area contributed by atoms with Crippen LogP contribution >= 0.6 is 11.3 Å². The lowest BCUT2D eigenvalue weighted by atomic mass is 9.82. The molecule has 2 heterocycles. The maximum absolute atomic E-state index is 14.6. The van der Waals surface area contributed by atoms with Gasteiger partial charge in [0.2, 0.25) is 5.91 Å². The molecule has 0 spiro atoms. The zero-order chi connectivity index (χ0) is 39.2. The first-order valence-electron chi connectivity index (χ1n) is 19.2. The number of phenols is 1. The van der Waals surface area contributed by atoms with Gasteiger partial charge in [0.05, 0.1) is 23.6 Å². The molecule has 294 valence electrons. The number of phenolic OH excluding ortho intramolecular Hbond substituents is 1. The Morgan fingerprint density at radius 3 is 2.42 bits per heavy atom. The van der Waals surface area contributed by atoms with E-state index < -0.39 is 23.8 Å². The third-order valence-electron chi connectivity index (χ3n) is 10.7. The van der Waals surface area contributed by atoms with E-state index in [-0.39, 0.29) is 85.1 Å². The van der Waals surface area contributed by atoms with E-state index in [4.69, 9.17) is 9.72 Å². The molecular weight excluding hydrogens is 693 g/mol. The number of aromatic nitrogens is 1. The number of likely N-dealkylation sites (N-methyl/N-ethyl adjacent to an activating group) is 1. The Hall–Kier alpha value is -3.61. The molecule has 0 bridgehead atoms. The Kier molecular flexibility index (Phi) is 17.6. The Labute approximate surface area is 320 Å². The molecule has 1 fully saturated rings. The summed E-state index contributed by atoms with van der Waals surface area (Å²) in [5.41, 5.74) is 1.11. The smallest absolute Gasteiger partial charge is 0.306 e. The van der Waals surface area contributed by atoms with E-state index >= 15 is 0 Å². The van der Waals surface area contributed by atoms with Gasteiger partial charge in [-0.25, -0.2) is 4.98 Å². The zero-order valence-electron chi connectivity index (χ0n) is 32.8. The van der Waals surface area contributed by atoms with Crippen molar-refractivity contribution < 1.29 is 34.1 Å². The van der Waals surface area contributed by atoms with Crippen LogP contribution in [-0.2, 0) is 25.5 Å². The summed E-state index contributed by atoms with van der Waals surface area (Å²) in [6, 6.07) is 5.78. The number of ketones is 1. The highest BCUT2D eigenvalue weighted by atomic mass is 32.1. The molecule has 1 aliphatic rings. The van der Waals surface area contributed by atoms with E-state index in [2.05, 4.69) is 44.5 Å². The largest absolute Gasteiger partial charge is 0.508 e. The number of aliphatic carboxylic acids is 1. The Morgan fingerprint density at radius 1 is 1.11 bits per heavy atom. The third-order valence-corrected chi connectivity index (χ3v) is 11.8. The minimum Gasteiger partial charge on any atom is -0.508 e. The second-order valence-corrected chi connectivity index (χ2v) is 16.2. The minimum atomic E-state index is -0.944. The summed E-state index contributed by atoms with van der Waals surface area (Å²) in [4.78, 5) is 62.1. The lowest BCUT2D eigenvalue weighted by Crippen LogP contribution is -2.50. The molecule has 2 amide bonds. The van der Waals surface area contributed by atoms with Crippen LogP contribution in [0.3, 0.4) is 0 Å². The molecule has 0 saturated carbocycles. The monoisotopic (exact) mass is 754 g/mol. The van der Waals surface area contributed by atoms with Gasteiger partial charge in [-0.15, -0.1) is 17.9 Å². The van der Waals surface area contributed by atoms with E-state index in [1.54, 1.807) is 42.6 Å². The van der Waals surface area contributed by atoms with Crippen molar-refractivity contribution in [1.82, 2.24) is 20.1 Å². The summed E-state index contributed by atoms with van der Waals surface area (Å²) in [5.74, 6) is -2.34. The number of carboxylic acid groups (broad SMARTS) is 1.